The molecule has 1 unspecified atom stereocenters. The van der Waals surface area contributed by atoms with Crippen molar-refractivity contribution in [3.05, 3.63) is 0 Å². The van der Waals surface area contributed by atoms with Crippen LogP contribution in [0.4, 0.5) is 4.79 Å². The van der Waals surface area contributed by atoms with Crippen molar-refractivity contribution in [1.82, 2.24) is 20.0 Å². The predicted octanol–water partition coefficient (Wildman–Crippen LogP) is 0.411. The Kier molecular flexibility index (Phi) is 6.87. The molecule has 0 aromatic heterocycles. The Bertz CT molecular complexity index is 502. The van der Waals surface area contributed by atoms with Gasteiger partial charge in [0, 0.05) is 44.3 Å². The van der Waals surface area contributed by atoms with Gasteiger partial charge in [-0.2, -0.15) is 0 Å². The van der Waals surface area contributed by atoms with Crippen LogP contribution in [-0.2, 0) is 4.79 Å². The number of β-amino-alcohol motifs (C(OH)–C–C–N with tert-alkyl or cyclic N) is 1. The average molecular weight is 370 g/mol. The van der Waals surface area contributed by atoms with Crippen molar-refractivity contribution < 1.29 is 19.8 Å². The molecule has 8 heteroatoms. The first-order valence-electron chi connectivity index (χ1n) is 9.56. The molecule has 26 heavy (non-hydrogen) atoms. The van der Waals surface area contributed by atoms with Crippen LogP contribution in [0, 0.1) is 0 Å². The second-order valence-electron chi connectivity index (χ2n) is 8.31. The average Bonchev–Trinajstić information content (AvgIpc) is 2.48. The van der Waals surface area contributed by atoms with Gasteiger partial charge in [-0.1, -0.05) is 6.92 Å². The van der Waals surface area contributed by atoms with Crippen molar-refractivity contribution in [1.29, 1.82) is 0 Å². The Morgan fingerprint density at radius 3 is 2.42 bits per heavy atom. The molecule has 8 nitrogen and oxygen atoms in total. The van der Waals surface area contributed by atoms with E-state index in [1.54, 1.807) is 13.8 Å². The smallest absolute Gasteiger partial charge is 0.317 e. The van der Waals surface area contributed by atoms with Crippen molar-refractivity contribution in [3.63, 3.8) is 0 Å². The minimum Gasteiger partial charge on any atom is -0.480 e. The number of carboxylic acids is 1. The molecule has 1 saturated heterocycles. The van der Waals surface area contributed by atoms with Gasteiger partial charge in [-0.15, -0.1) is 0 Å². The molecule has 1 heterocycles. The minimum absolute atomic E-state index is 0.0375. The monoisotopic (exact) mass is 370 g/mol. The van der Waals surface area contributed by atoms with E-state index in [2.05, 4.69) is 17.1 Å². The maximum Gasteiger partial charge on any atom is 0.317 e. The third kappa shape index (κ3) is 5.82. The lowest BCUT2D eigenvalue weighted by molar-refractivity contribution is -0.139. The summed E-state index contributed by atoms with van der Waals surface area (Å²) in [6.45, 7) is 11.1. The van der Waals surface area contributed by atoms with Gasteiger partial charge in [0.15, 0.2) is 0 Å². The van der Waals surface area contributed by atoms with Gasteiger partial charge >= 0.3 is 12.0 Å². The van der Waals surface area contributed by atoms with Gasteiger partial charge in [0.1, 0.15) is 0 Å². The summed E-state index contributed by atoms with van der Waals surface area (Å²) >= 11 is 0. The first-order valence-corrected chi connectivity index (χ1v) is 9.56. The van der Waals surface area contributed by atoms with Crippen LogP contribution >= 0.6 is 0 Å². The zero-order chi connectivity index (χ0) is 19.5. The van der Waals surface area contributed by atoms with Crippen LogP contribution in [0.3, 0.4) is 0 Å². The summed E-state index contributed by atoms with van der Waals surface area (Å²) in [6, 6.07) is 0.537. The maximum absolute atomic E-state index is 12.5. The molecule has 0 radical (unpaired) electrons. The molecule has 1 atom stereocenters. The lowest BCUT2D eigenvalue weighted by atomic mass is 9.85. The first kappa shape index (κ1) is 20.9. The second-order valence-corrected chi connectivity index (χ2v) is 8.31. The SMILES string of the molecule is CCN(CC(=O)O)C1CC(NC(=O)N2CCN(CC(C)(C)O)C(C)C2)C1. The second kappa shape index (κ2) is 8.54. The van der Waals surface area contributed by atoms with E-state index in [1.165, 1.54) is 0 Å². The normalized spacial score (nSPS) is 27.3. The van der Waals surface area contributed by atoms with Crippen molar-refractivity contribution in [2.45, 2.75) is 64.3 Å². The van der Waals surface area contributed by atoms with Crippen LogP contribution in [-0.4, -0.2) is 99.9 Å². The lowest BCUT2D eigenvalue weighted by Crippen LogP contribution is -2.61. The Labute approximate surface area is 156 Å². The van der Waals surface area contributed by atoms with E-state index in [4.69, 9.17) is 5.11 Å². The summed E-state index contributed by atoms with van der Waals surface area (Å²) < 4.78 is 0. The third-order valence-corrected chi connectivity index (χ3v) is 5.34. The number of piperazine rings is 1. The highest BCUT2D eigenvalue weighted by Gasteiger charge is 2.36. The molecular formula is C18H34N4O4. The fraction of sp³-hybridized carbons (Fsp3) is 0.889. The largest absolute Gasteiger partial charge is 0.480 e. The number of hydrogen-bond donors (Lipinski definition) is 3. The number of aliphatic carboxylic acids is 1. The number of nitrogens with zero attached hydrogens (tertiary/aromatic N) is 3. The van der Waals surface area contributed by atoms with Crippen LogP contribution in [0.1, 0.15) is 40.5 Å². The lowest BCUT2D eigenvalue weighted by Gasteiger charge is -2.45. The number of rotatable bonds is 7. The van der Waals surface area contributed by atoms with Gasteiger partial charge in [-0.05, 0) is 40.2 Å². The number of carbonyl (C=O) groups is 2. The molecule has 0 spiro atoms. The van der Waals surface area contributed by atoms with Gasteiger partial charge in [-0.3, -0.25) is 14.6 Å². The Balaban J connectivity index is 1.74. The number of hydrogen-bond acceptors (Lipinski definition) is 5. The number of amides is 2. The van der Waals surface area contributed by atoms with Gasteiger partial charge in [-0.25, -0.2) is 4.79 Å². The van der Waals surface area contributed by atoms with E-state index in [9.17, 15) is 14.7 Å². The number of urea groups is 1. The zero-order valence-corrected chi connectivity index (χ0v) is 16.4. The van der Waals surface area contributed by atoms with Gasteiger partial charge in [0.2, 0.25) is 0 Å². The van der Waals surface area contributed by atoms with E-state index in [0.717, 1.165) is 19.4 Å². The van der Waals surface area contributed by atoms with Gasteiger partial charge in [0.05, 0.1) is 12.1 Å². The Morgan fingerprint density at radius 2 is 1.92 bits per heavy atom. The molecule has 2 fully saturated rings. The van der Waals surface area contributed by atoms with Crippen molar-refractivity contribution in [2.24, 2.45) is 0 Å². The highest BCUT2D eigenvalue weighted by atomic mass is 16.4. The summed E-state index contributed by atoms with van der Waals surface area (Å²) in [5, 5.41) is 22.0. The first-order chi connectivity index (χ1) is 12.1. The molecule has 2 rings (SSSR count). The Hall–Kier alpha value is -1.38. The van der Waals surface area contributed by atoms with E-state index >= 15 is 0 Å². The molecule has 2 aliphatic rings. The van der Waals surface area contributed by atoms with E-state index in [-0.39, 0.29) is 30.7 Å². The molecule has 0 aromatic rings. The fourth-order valence-corrected chi connectivity index (χ4v) is 3.85. The standard InChI is InChI=1S/C18H34N4O4/c1-5-20(11-16(23)24)15-8-14(9-15)19-17(25)21-6-7-22(13(2)10-21)12-18(3,4)26/h13-15,26H,5-12H2,1-4H3,(H,19,25)(H,23,24). The summed E-state index contributed by atoms with van der Waals surface area (Å²) in [7, 11) is 0. The van der Waals surface area contributed by atoms with Crippen LogP contribution in [0.2, 0.25) is 0 Å². The summed E-state index contributed by atoms with van der Waals surface area (Å²) in [5.41, 5.74) is -0.735. The number of carbonyl (C=O) groups excluding carboxylic acids is 1. The summed E-state index contributed by atoms with van der Waals surface area (Å²) in [6.07, 6.45) is 1.61. The van der Waals surface area contributed by atoms with Crippen LogP contribution in [0.15, 0.2) is 0 Å². The highest BCUT2D eigenvalue weighted by molar-refractivity contribution is 5.75. The van der Waals surface area contributed by atoms with Crippen molar-refractivity contribution in [2.75, 3.05) is 39.3 Å². The third-order valence-electron chi connectivity index (χ3n) is 5.34. The topological polar surface area (TPSA) is 96.4 Å². The van der Waals surface area contributed by atoms with E-state index in [1.807, 2.05) is 16.7 Å². The predicted molar refractivity (Wildman–Crippen MR) is 99.1 cm³/mol. The number of nitrogens with one attached hydrogen (secondary N) is 1. The molecule has 1 aliphatic heterocycles. The number of carboxylic acid groups (broad SMARTS) is 1. The molecular weight excluding hydrogens is 336 g/mol. The zero-order valence-electron chi connectivity index (χ0n) is 16.4. The van der Waals surface area contributed by atoms with Gasteiger partial charge < -0.3 is 20.4 Å². The minimum atomic E-state index is -0.808. The Morgan fingerprint density at radius 1 is 1.27 bits per heavy atom. The molecule has 0 bridgehead atoms. The molecule has 150 valence electrons. The van der Waals surface area contributed by atoms with Crippen LogP contribution in [0.5, 0.6) is 0 Å². The molecule has 2 amide bonds. The van der Waals surface area contributed by atoms with Crippen molar-refractivity contribution in [3.8, 4) is 0 Å². The number of aliphatic hydroxyl groups is 1. The molecule has 1 saturated carbocycles. The van der Waals surface area contributed by atoms with Crippen LogP contribution in [0.25, 0.3) is 0 Å². The summed E-state index contributed by atoms with van der Waals surface area (Å²) in [5.74, 6) is -0.808. The quantitative estimate of drug-likeness (QED) is 0.601. The molecule has 0 aromatic carbocycles. The molecule has 3 N–H and O–H groups in total. The van der Waals surface area contributed by atoms with Gasteiger partial charge in [0.25, 0.3) is 0 Å². The van der Waals surface area contributed by atoms with Crippen molar-refractivity contribution >= 4 is 12.0 Å². The molecule has 1 aliphatic carbocycles. The highest BCUT2D eigenvalue weighted by Crippen LogP contribution is 2.26. The van der Waals surface area contributed by atoms with Crippen LogP contribution < -0.4 is 5.32 Å². The maximum atomic E-state index is 12.5. The number of likely N-dealkylation sites (N-methyl/N-ethyl adjacent to an activating group) is 1. The van der Waals surface area contributed by atoms with E-state index in [0.29, 0.717) is 26.2 Å². The van der Waals surface area contributed by atoms with E-state index < -0.39 is 11.6 Å². The summed E-state index contributed by atoms with van der Waals surface area (Å²) in [4.78, 5) is 29.4. The fourth-order valence-electron chi connectivity index (χ4n) is 3.85.